The molecule has 0 saturated carbocycles. The number of ether oxygens (including phenoxy) is 3. The van der Waals surface area contributed by atoms with Crippen molar-refractivity contribution in [3.8, 4) is 28.9 Å². The number of rotatable bonds is 7. The van der Waals surface area contributed by atoms with Gasteiger partial charge in [-0.2, -0.15) is 14.6 Å². The Kier molecular flexibility index (Phi) is 6.69. The monoisotopic (exact) mass is 548 g/mol. The molecule has 0 radical (unpaired) electrons. The van der Waals surface area contributed by atoms with Gasteiger partial charge < -0.3 is 19.5 Å². The average molecular weight is 548 g/mol. The maximum absolute atomic E-state index is 15.1. The third kappa shape index (κ3) is 4.70. The Morgan fingerprint density at radius 1 is 0.925 bits per heavy atom. The zero-order valence-corrected chi connectivity index (χ0v) is 21.6. The second kappa shape index (κ2) is 10.3. The maximum Gasteiger partial charge on any atom is 0.354 e. The first-order valence-electron chi connectivity index (χ1n) is 11.6. The highest BCUT2D eigenvalue weighted by Gasteiger charge is 2.22. The number of carbonyl (C=O) groups excluding carboxylic acids is 1. The molecular weight excluding hydrogens is 527 g/mol. The summed E-state index contributed by atoms with van der Waals surface area (Å²) in [4.78, 5) is 46.5. The normalized spacial score (nSPS) is 10.9. The maximum atomic E-state index is 15.1. The molecule has 15 heteroatoms. The lowest BCUT2D eigenvalue weighted by atomic mass is 10.2. The molecule has 14 nitrogen and oxygen atoms in total. The van der Waals surface area contributed by atoms with Crippen molar-refractivity contribution in [3.05, 3.63) is 81.3 Å². The van der Waals surface area contributed by atoms with Gasteiger partial charge in [0.1, 0.15) is 12.1 Å². The largest absolute Gasteiger partial charge is 0.493 e. The van der Waals surface area contributed by atoms with Crippen LogP contribution in [0.2, 0.25) is 0 Å². The molecule has 3 aromatic heterocycles. The molecule has 40 heavy (non-hydrogen) atoms. The summed E-state index contributed by atoms with van der Waals surface area (Å²) < 4.78 is 34.2. The molecule has 0 aliphatic heterocycles. The van der Waals surface area contributed by atoms with Gasteiger partial charge in [-0.25, -0.2) is 13.9 Å². The van der Waals surface area contributed by atoms with Crippen LogP contribution in [-0.2, 0) is 14.1 Å². The fraction of sp³-hybridized carbons (Fsp3) is 0.160. The van der Waals surface area contributed by atoms with Gasteiger partial charge in [0.2, 0.25) is 5.69 Å². The molecule has 204 valence electrons. The number of carbonyl (C=O) groups is 1. The first-order valence-corrected chi connectivity index (χ1v) is 11.6. The molecule has 0 spiro atoms. The third-order valence-corrected chi connectivity index (χ3v) is 5.74. The van der Waals surface area contributed by atoms with Crippen molar-refractivity contribution in [1.29, 1.82) is 0 Å². The van der Waals surface area contributed by atoms with Gasteiger partial charge >= 0.3 is 5.69 Å². The van der Waals surface area contributed by atoms with Crippen LogP contribution in [0.25, 0.3) is 16.9 Å². The zero-order chi connectivity index (χ0) is 28.6. The fourth-order valence-electron chi connectivity index (χ4n) is 3.83. The van der Waals surface area contributed by atoms with E-state index in [9.17, 15) is 14.4 Å². The van der Waals surface area contributed by atoms with E-state index >= 15 is 4.39 Å². The van der Waals surface area contributed by atoms with E-state index in [-0.39, 0.29) is 17.4 Å². The van der Waals surface area contributed by atoms with Crippen molar-refractivity contribution in [2.24, 2.45) is 14.1 Å². The first-order chi connectivity index (χ1) is 19.2. The zero-order valence-electron chi connectivity index (χ0n) is 21.6. The summed E-state index contributed by atoms with van der Waals surface area (Å²) >= 11 is 0. The van der Waals surface area contributed by atoms with Crippen LogP contribution in [0.1, 0.15) is 10.5 Å². The van der Waals surface area contributed by atoms with Crippen molar-refractivity contribution in [2.45, 2.75) is 0 Å². The Labute approximate surface area is 224 Å². The van der Waals surface area contributed by atoms with E-state index in [1.165, 1.54) is 50.6 Å². The van der Waals surface area contributed by atoms with Crippen LogP contribution in [0.5, 0.6) is 23.0 Å². The van der Waals surface area contributed by atoms with Gasteiger partial charge in [-0.1, -0.05) is 0 Å². The minimum Gasteiger partial charge on any atom is -0.493 e. The fourth-order valence-corrected chi connectivity index (χ4v) is 3.83. The number of fused-ring (bicyclic) bond motifs is 1. The molecule has 2 aromatic carbocycles. The van der Waals surface area contributed by atoms with Gasteiger partial charge in [0.05, 0.1) is 19.7 Å². The van der Waals surface area contributed by atoms with E-state index in [1.54, 1.807) is 25.2 Å². The number of amides is 1. The van der Waals surface area contributed by atoms with Crippen LogP contribution < -0.4 is 30.8 Å². The van der Waals surface area contributed by atoms with Gasteiger partial charge in [0, 0.05) is 43.5 Å². The minimum absolute atomic E-state index is 0.0124. The second-order valence-corrected chi connectivity index (χ2v) is 8.35. The number of benzene rings is 2. The number of aromatic nitrogens is 7. The van der Waals surface area contributed by atoms with Gasteiger partial charge in [0.15, 0.2) is 23.1 Å². The van der Waals surface area contributed by atoms with Crippen molar-refractivity contribution in [2.75, 3.05) is 19.5 Å². The lowest BCUT2D eigenvalue weighted by Crippen LogP contribution is -2.44. The number of aryl methyl sites for hydroxylation is 2. The molecule has 0 fully saturated rings. The van der Waals surface area contributed by atoms with Gasteiger partial charge in [-0.05, 0) is 24.3 Å². The number of nitrogens with zero attached hydrogens (tertiary/aromatic N) is 7. The molecule has 5 rings (SSSR count). The summed E-state index contributed by atoms with van der Waals surface area (Å²) in [6.07, 6.45) is 2.79. The standard InChI is InChI=1S/C25H21FN8O6/c1-32-12-28-24(31-32)34-23(36)21(30-33(2)25(34)37)22(35)29-13-5-6-18(15(26)9-13)40-17-7-8-27-16-11-20(39-4)19(38-3)10-14(16)17/h5-12H,1-4H3,(H,29,35). The van der Waals surface area contributed by atoms with Gasteiger partial charge in [-0.15, -0.1) is 5.10 Å². The predicted octanol–water partition coefficient (Wildman–Crippen LogP) is 1.81. The number of halogens is 1. The molecule has 3 heterocycles. The second-order valence-electron chi connectivity index (χ2n) is 8.35. The van der Waals surface area contributed by atoms with E-state index in [0.717, 1.165) is 10.7 Å². The lowest BCUT2D eigenvalue weighted by molar-refractivity contribution is 0.101. The van der Waals surface area contributed by atoms with Crippen molar-refractivity contribution >= 4 is 22.5 Å². The summed E-state index contributed by atoms with van der Waals surface area (Å²) in [5.74, 6) is -0.912. The Morgan fingerprint density at radius 2 is 1.68 bits per heavy atom. The van der Waals surface area contributed by atoms with E-state index in [4.69, 9.17) is 14.2 Å². The van der Waals surface area contributed by atoms with E-state index in [0.29, 0.717) is 32.7 Å². The van der Waals surface area contributed by atoms with Crippen LogP contribution in [0.4, 0.5) is 10.1 Å². The van der Waals surface area contributed by atoms with Crippen LogP contribution in [0.3, 0.4) is 0 Å². The van der Waals surface area contributed by atoms with Crippen molar-refractivity contribution in [1.82, 2.24) is 34.1 Å². The quantitative estimate of drug-likeness (QED) is 0.318. The summed E-state index contributed by atoms with van der Waals surface area (Å²) in [5.41, 5.74) is -1.96. The molecule has 0 atom stereocenters. The third-order valence-electron chi connectivity index (χ3n) is 5.74. The molecule has 0 aliphatic rings. The van der Waals surface area contributed by atoms with Crippen molar-refractivity contribution in [3.63, 3.8) is 0 Å². The molecule has 0 unspecified atom stereocenters. The number of nitrogens with one attached hydrogen (secondary N) is 1. The molecular formula is C25H21FN8O6. The van der Waals surface area contributed by atoms with Crippen LogP contribution in [0.15, 0.2) is 58.5 Å². The average Bonchev–Trinajstić information content (AvgIpc) is 3.37. The number of methoxy groups -OCH3 is 2. The highest BCUT2D eigenvalue weighted by molar-refractivity contribution is 6.02. The topological polar surface area (TPSA) is 157 Å². The van der Waals surface area contributed by atoms with E-state index in [1.807, 2.05) is 0 Å². The molecule has 0 aliphatic carbocycles. The SMILES string of the molecule is COc1cc2nccc(Oc3ccc(NC(=O)c4nn(C)c(=O)n(-c5ncn(C)n5)c4=O)cc3F)c2cc1OC. The molecule has 1 amide bonds. The summed E-state index contributed by atoms with van der Waals surface area (Å²) in [6.45, 7) is 0. The minimum atomic E-state index is -1.04. The molecule has 1 N–H and O–H groups in total. The van der Waals surface area contributed by atoms with Crippen molar-refractivity contribution < 1.29 is 23.4 Å². The van der Waals surface area contributed by atoms with E-state index in [2.05, 4.69) is 25.5 Å². The lowest BCUT2D eigenvalue weighted by Gasteiger charge is -2.13. The highest BCUT2D eigenvalue weighted by Crippen LogP contribution is 2.37. The summed E-state index contributed by atoms with van der Waals surface area (Å²) in [6, 6.07) is 8.60. The van der Waals surface area contributed by atoms with E-state index < -0.39 is 28.7 Å². The predicted molar refractivity (Wildman–Crippen MR) is 139 cm³/mol. The smallest absolute Gasteiger partial charge is 0.354 e. The molecule has 0 bridgehead atoms. The molecule has 5 aromatic rings. The number of hydrogen-bond donors (Lipinski definition) is 1. The summed E-state index contributed by atoms with van der Waals surface area (Å²) in [7, 11) is 5.80. The van der Waals surface area contributed by atoms with Gasteiger partial charge in [0.25, 0.3) is 17.4 Å². The first kappa shape index (κ1) is 26.0. The Morgan fingerprint density at radius 3 is 2.35 bits per heavy atom. The van der Waals surface area contributed by atoms with Crippen LogP contribution >= 0.6 is 0 Å². The van der Waals surface area contributed by atoms with Crippen LogP contribution in [0, 0.1) is 5.82 Å². The highest BCUT2D eigenvalue weighted by atomic mass is 19.1. The Balaban J connectivity index is 1.42. The van der Waals surface area contributed by atoms with Gasteiger partial charge in [-0.3, -0.25) is 19.3 Å². The molecule has 0 saturated heterocycles. The number of pyridine rings is 1. The Hall–Kier alpha value is -5.60. The Bertz CT molecular complexity index is 1900. The summed E-state index contributed by atoms with van der Waals surface area (Å²) in [5, 5.41) is 10.7. The number of hydrogen-bond acceptors (Lipinski definition) is 10. The van der Waals surface area contributed by atoms with Crippen LogP contribution in [-0.4, -0.2) is 54.2 Å². The number of anilines is 1.